The quantitative estimate of drug-likeness (QED) is 0.854. The summed E-state index contributed by atoms with van der Waals surface area (Å²) in [6.07, 6.45) is 4.57. The standard InChI is InChI=1S/C14H18N2O2S/c1-16(13-7-5-6-12(10-13)11-15)19(17,18)14-8-3-2-4-9-14/h5-7,10,14H,2-4,8-9H2,1H3. The molecule has 1 fully saturated rings. The molecule has 1 saturated carbocycles. The molecule has 2 rings (SSSR count). The highest BCUT2D eigenvalue weighted by molar-refractivity contribution is 7.93. The van der Waals surface area contributed by atoms with Crippen molar-refractivity contribution in [3.05, 3.63) is 29.8 Å². The molecule has 0 N–H and O–H groups in total. The summed E-state index contributed by atoms with van der Waals surface area (Å²) in [5, 5.41) is 8.60. The Morgan fingerprint density at radius 1 is 1.26 bits per heavy atom. The van der Waals surface area contributed by atoms with Gasteiger partial charge in [-0.2, -0.15) is 5.26 Å². The fraction of sp³-hybridized carbons (Fsp3) is 0.500. The maximum Gasteiger partial charge on any atom is 0.237 e. The van der Waals surface area contributed by atoms with E-state index >= 15 is 0 Å². The van der Waals surface area contributed by atoms with E-state index in [9.17, 15) is 8.42 Å². The molecule has 4 nitrogen and oxygen atoms in total. The highest BCUT2D eigenvalue weighted by atomic mass is 32.2. The summed E-state index contributed by atoms with van der Waals surface area (Å²) in [6.45, 7) is 0. The number of hydrogen-bond acceptors (Lipinski definition) is 3. The van der Waals surface area contributed by atoms with Crippen molar-refractivity contribution in [1.82, 2.24) is 0 Å². The molecule has 5 heteroatoms. The van der Waals surface area contributed by atoms with Crippen molar-refractivity contribution in [2.45, 2.75) is 37.4 Å². The molecule has 1 aromatic rings. The molecule has 0 radical (unpaired) electrons. The first kappa shape index (κ1) is 13.9. The van der Waals surface area contributed by atoms with Crippen molar-refractivity contribution in [1.29, 1.82) is 5.26 Å². The molecule has 1 aliphatic carbocycles. The van der Waals surface area contributed by atoms with Crippen molar-refractivity contribution in [3.8, 4) is 6.07 Å². The van der Waals surface area contributed by atoms with E-state index in [0.29, 0.717) is 11.3 Å². The number of anilines is 1. The third kappa shape index (κ3) is 2.90. The zero-order valence-corrected chi connectivity index (χ0v) is 11.9. The number of hydrogen-bond donors (Lipinski definition) is 0. The van der Waals surface area contributed by atoms with Gasteiger partial charge in [-0.25, -0.2) is 8.42 Å². The SMILES string of the molecule is CN(c1cccc(C#N)c1)S(=O)(=O)C1CCCCC1. The summed E-state index contributed by atoms with van der Waals surface area (Å²) in [6, 6.07) is 8.75. The monoisotopic (exact) mass is 278 g/mol. The average Bonchev–Trinajstić information content (AvgIpc) is 2.47. The normalized spacial score (nSPS) is 16.8. The molecule has 1 aliphatic rings. The van der Waals surface area contributed by atoms with E-state index in [2.05, 4.69) is 0 Å². The summed E-state index contributed by atoms with van der Waals surface area (Å²) in [5.74, 6) is 0. The van der Waals surface area contributed by atoms with Gasteiger partial charge in [0.15, 0.2) is 0 Å². The van der Waals surface area contributed by atoms with Gasteiger partial charge in [-0.05, 0) is 31.0 Å². The van der Waals surface area contributed by atoms with Crippen molar-refractivity contribution >= 4 is 15.7 Å². The Morgan fingerprint density at radius 2 is 1.95 bits per heavy atom. The number of rotatable bonds is 3. The van der Waals surface area contributed by atoms with E-state index in [-0.39, 0.29) is 5.25 Å². The Hall–Kier alpha value is -1.54. The fourth-order valence-electron chi connectivity index (χ4n) is 2.50. The van der Waals surface area contributed by atoms with E-state index in [1.807, 2.05) is 6.07 Å². The van der Waals surface area contributed by atoms with Crippen molar-refractivity contribution in [2.24, 2.45) is 0 Å². The molecule has 0 saturated heterocycles. The summed E-state index contributed by atoms with van der Waals surface area (Å²) in [4.78, 5) is 0. The lowest BCUT2D eigenvalue weighted by atomic mass is 10.0. The number of nitriles is 1. The van der Waals surface area contributed by atoms with Gasteiger partial charge in [-0.1, -0.05) is 25.3 Å². The minimum Gasteiger partial charge on any atom is -0.273 e. The summed E-state index contributed by atoms with van der Waals surface area (Å²) < 4.78 is 26.4. The molecule has 0 spiro atoms. The van der Waals surface area contributed by atoms with E-state index < -0.39 is 10.0 Å². The first-order valence-corrected chi connectivity index (χ1v) is 8.04. The molecule has 0 heterocycles. The molecule has 0 aliphatic heterocycles. The van der Waals surface area contributed by atoms with Crippen LogP contribution in [0.25, 0.3) is 0 Å². The van der Waals surface area contributed by atoms with E-state index in [1.165, 1.54) is 4.31 Å². The topological polar surface area (TPSA) is 61.2 Å². The third-order valence-electron chi connectivity index (χ3n) is 3.69. The lowest BCUT2D eigenvalue weighted by Crippen LogP contribution is -2.37. The maximum absolute atomic E-state index is 12.5. The van der Waals surface area contributed by atoms with Crippen molar-refractivity contribution < 1.29 is 8.42 Å². The molecular formula is C14H18N2O2S. The first-order valence-electron chi connectivity index (χ1n) is 6.53. The van der Waals surface area contributed by atoms with Crippen LogP contribution in [0.4, 0.5) is 5.69 Å². The van der Waals surface area contributed by atoms with E-state index in [1.54, 1.807) is 31.3 Å². The molecule has 0 unspecified atom stereocenters. The Kier molecular flexibility index (Phi) is 4.11. The van der Waals surface area contributed by atoms with Crippen LogP contribution in [-0.4, -0.2) is 20.7 Å². The molecule has 1 aromatic carbocycles. The zero-order chi connectivity index (χ0) is 13.9. The van der Waals surface area contributed by atoms with Crippen LogP contribution < -0.4 is 4.31 Å². The third-order valence-corrected chi connectivity index (χ3v) is 5.98. The maximum atomic E-state index is 12.5. The molecule has 19 heavy (non-hydrogen) atoms. The van der Waals surface area contributed by atoms with Crippen LogP contribution in [0.2, 0.25) is 0 Å². The lowest BCUT2D eigenvalue weighted by Gasteiger charge is -2.28. The fourth-order valence-corrected chi connectivity index (χ4v) is 4.29. The van der Waals surface area contributed by atoms with Crippen LogP contribution >= 0.6 is 0 Å². The minimum absolute atomic E-state index is 0.281. The van der Waals surface area contributed by atoms with Crippen LogP contribution in [0.1, 0.15) is 37.7 Å². The molecule has 0 atom stereocenters. The molecule has 0 aromatic heterocycles. The summed E-state index contributed by atoms with van der Waals surface area (Å²) in [7, 11) is -1.75. The largest absolute Gasteiger partial charge is 0.273 e. The van der Waals surface area contributed by atoms with E-state index in [0.717, 1.165) is 32.1 Å². The summed E-state index contributed by atoms with van der Waals surface area (Å²) >= 11 is 0. The Balaban J connectivity index is 2.26. The van der Waals surface area contributed by atoms with Gasteiger partial charge in [-0.3, -0.25) is 4.31 Å². The van der Waals surface area contributed by atoms with Gasteiger partial charge in [-0.15, -0.1) is 0 Å². The van der Waals surface area contributed by atoms with Gasteiger partial charge in [0.25, 0.3) is 0 Å². The average molecular weight is 278 g/mol. The van der Waals surface area contributed by atoms with Gasteiger partial charge in [0, 0.05) is 7.05 Å². The van der Waals surface area contributed by atoms with Crippen LogP contribution in [0.3, 0.4) is 0 Å². The van der Waals surface area contributed by atoms with Crippen molar-refractivity contribution in [3.63, 3.8) is 0 Å². The Labute approximate surface area is 114 Å². The highest BCUT2D eigenvalue weighted by Gasteiger charge is 2.31. The Morgan fingerprint density at radius 3 is 2.58 bits per heavy atom. The second-order valence-corrected chi connectivity index (χ2v) is 7.18. The van der Waals surface area contributed by atoms with Gasteiger partial charge in [0.1, 0.15) is 0 Å². The zero-order valence-electron chi connectivity index (χ0n) is 11.0. The predicted octanol–water partition coefficient (Wildman–Crippen LogP) is 2.66. The highest BCUT2D eigenvalue weighted by Crippen LogP contribution is 2.28. The minimum atomic E-state index is -3.32. The molecular weight excluding hydrogens is 260 g/mol. The van der Waals surface area contributed by atoms with Crippen LogP contribution in [0, 0.1) is 11.3 Å². The van der Waals surface area contributed by atoms with Gasteiger partial charge < -0.3 is 0 Å². The number of sulfonamides is 1. The molecule has 102 valence electrons. The second-order valence-electron chi connectivity index (χ2n) is 4.93. The van der Waals surface area contributed by atoms with Gasteiger partial charge >= 0.3 is 0 Å². The Bertz CT molecular complexity index is 584. The predicted molar refractivity (Wildman–Crippen MR) is 75.4 cm³/mol. The molecule has 0 bridgehead atoms. The summed E-state index contributed by atoms with van der Waals surface area (Å²) in [5.41, 5.74) is 1.04. The first-order chi connectivity index (χ1) is 9.05. The van der Waals surface area contributed by atoms with Crippen LogP contribution in [-0.2, 0) is 10.0 Å². The van der Waals surface area contributed by atoms with Crippen LogP contribution in [0.15, 0.2) is 24.3 Å². The van der Waals surface area contributed by atoms with Crippen molar-refractivity contribution in [2.75, 3.05) is 11.4 Å². The van der Waals surface area contributed by atoms with Crippen LogP contribution in [0.5, 0.6) is 0 Å². The second kappa shape index (κ2) is 5.62. The lowest BCUT2D eigenvalue weighted by molar-refractivity contribution is 0.483. The van der Waals surface area contributed by atoms with Gasteiger partial charge in [0.05, 0.1) is 22.6 Å². The van der Waals surface area contributed by atoms with E-state index in [4.69, 9.17) is 5.26 Å². The number of benzene rings is 1. The smallest absolute Gasteiger partial charge is 0.237 e. The molecule has 0 amide bonds. The van der Waals surface area contributed by atoms with Gasteiger partial charge in [0.2, 0.25) is 10.0 Å². The number of nitrogens with zero attached hydrogens (tertiary/aromatic N) is 2.